The molecule has 1 N–H and O–H groups in total. The Bertz CT molecular complexity index is 1180. The normalized spacial score (nSPS) is 12.6. The van der Waals surface area contributed by atoms with Crippen LogP contribution in [0.2, 0.25) is 10.0 Å². The van der Waals surface area contributed by atoms with Crippen molar-refractivity contribution in [3.8, 4) is 5.75 Å². The van der Waals surface area contributed by atoms with E-state index in [9.17, 15) is 18.0 Å². The van der Waals surface area contributed by atoms with E-state index in [0.717, 1.165) is 10.6 Å². The summed E-state index contributed by atoms with van der Waals surface area (Å²) < 4.78 is 31.4. The van der Waals surface area contributed by atoms with Crippen molar-refractivity contribution in [1.29, 1.82) is 0 Å². The van der Waals surface area contributed by atoms with Gasteiger partial charge in [-0.2, -0.15) is 0 Å². The number of anilines is 1. The quantitative estimate of drug-likeness (QED) is 0.513. The van der Waals surface area contributed by atoms with Gasteiger partial charge < -0.3 is 15.0 Å². The minimum absolute atomic E-state index is 0.0512. The van der Waals surface area contributed by atoms with E-state index in [-0.39, 0.29) is 28.2 Å². The lowest BCUT2D eigenvalue weighted by Gasteiger charge is -2.33. The van der Waals surface area contributed by atoms with Crippen molar-refractivity contribution in [3.05, 3.63) is 58.1 Å². The van der Waals surface area contributed by atoms with E-state index in [0.29, 0.717) is 11.3 Å². The van der Waals surface area contributed by atoms with Crippen molar-refractivity contribution in [3.63, 3.8) is 0 Å². The van der Waals surface area contributed by atoms with Crippen LogP contribution >= 0.6 is 23.2 Å². The van der Waals surface area contributed by atoms with Crippen LogP contribution in [0.3, 0.4) is 0 Å². The molecule has 0 spiro atoms. The van der Waals surface area contributed by atoms with Gasteiger partial charge in [0.05, 0.1) is 24.1 Å². The number of methoxy groups -OCH3 is 1. The Morgan fingerprint density at radius 3 is 2.34 bits per heavy atom. The minimum Gasteiger partial charge on any atom is -0.497 e. The van der Waals surface area contributed by atoms with Crippen LogP contribution in [0.15, 0.2) is 42.5 Å². The van der Waals surface area contributed by atoms with Crippen LogP contribution in [0.5, 0.6) is 5.75 Å². The molecule has 192 valence electrons. The maximum atomic E-state index is 13.6. The fourth-order valence-electron chi connectivity index (χ4n) is 3.30. The topological polar surface area (TPSA) is 96.0 Å². The predicted octanol–water partition coefficient (Wildman–Crippen LogP) is 4.10. The van der Waals surface area contributed by atoms with Crippen LogP contribution in [0.4, 0.5) is 5.69 Å². The number of nitrogens with one attached hydrogen (secondary N) is 1. The summed E-state index contributed by atoms with van der Waals surface area (Å²) in [4.78, 5) is 27.9. The van der Waals surface area contributed by atoms with Gasteiger partial charge >= 0.3 is 0 Å². The molecule has 11 heteroatoms. The van der Waals surface area contributed by atoms with Gasteiger partial charge in [-0.25, -0.2) is 8.42 Å². The van der Waals surface area contributed by atoms with Crippen LogP contribution in [0.1, 0.15) is 33.3 Å². The van der Waals surface area contributed by atoms with Gasteiger partial charge in [0, 0.05) is 17.1 Å². The summed E-state index contributed by atoms with van der Waals surface area (Å²) in [5, 5.41) is 3.24. The van der Waals surface area contributed by atoms with Crippen molar-refractivity contribution < 1.29 is 22.7 Å². The summed E-state index contributed by atoms with van der Waals surface area (Å²) in [5.41, 5.74) is 0.256. The van der Waals surface area contributed by atoms with E-state index < -0.39 is 34.1 Å². The molecule has 0 aliphatic carbocycles. The van der Waals surface area contributed by atoms with Gasteiger partial charge in [0.25, 0.3) is 0 Å². The lowest BCUT2D eigenvalue weighted by atomic mass is 10.1. The van der Waals surface area contributed by atoms with Gasteiger partial charge in [0.2, 0.25) is 21.8 Å². The molecule has 2 aromatic rings. The molecule has 0 aliphatic rings. The largest absolute Gasteiger partial charge is 0.497 e. The van der Waals surface area contributed by atoms with Crippen LogP contribution < -0.4 is 14.4 Å². The highest BCUT2D eigenvalue weighted by Gasteiger charge is 2.32. The molecule has 2 aromatic carbocycles. The zero-order valence-electron chi connectivity index (χ0n) is 20.6. The van der Waals surface area contributed by atoms with E-state index in [1.54, 1.807) is 31.2 Å². The summed E-state index contributed by atoms with van der Waals surface area (Å²) >= 11 is 12.3. The number of sulfonamides is 1. The second kappa shape index (κ2) is 11.5. The van der Waals surface area contributed by atoms with Crippen molar-refractivity contribution in [2.24, 2.45) is 0 Å². The summed E-state index contributed by atoms with van der Waals surface area (Å²) in [6, 6.07) is 10.5. The third-order valence-corrected chi connectivity index (χ3v) is 6.69. The molecule has 0 saturated carbocycles. The number of halogens is 2. The number of benzene rings is 2. The number of carbonyl (C=O) groups excluding carboxylic acids is 2. The number of hydrogen-bond donors (Lipinski definition) is 1. The predicted molar refractivity (Wildman–Crippen MR) is 140 cm³/mol. The SMILES string of the molecule is COc1cccc(CN(C(=O)CN(c2cc(Cl)ccc2Cl)S(C)(=O)=O)C(C)C(=O)NC(C)(C)C)c1. The Balaban J connectivity index is 2.47. The third kappa shape index (κ3) is 8.30. The number of nitrogens with zero attached hydrogens (tertiary/aromatic N) is 2. The highest BCUT2D eigenvalue weighted by atomic mass is 35.5. The monoisotopic (exact) mass is 543 g/mol. The molecule has 2 amide bonds. The Labute approximate surface area is 217 Å². The first-order valence-corrected chi connectivity index (χ1v) is 13.4. The molecule has 0 fully saturated rings. The molecule has 0 aliphatic heterocycles. The van der Waals surface area contributed by atoms with E-state index in [1.807, 2.05) is 20.8 Å². The Hall–Kier alpha value is -2.49. The Morgan fingerprint density at radius 2 is 1.77 bits per heavy atom. The van der Waals surface area contributed by atoms with Crippen molar-refractivity contribution in [1.82, 2.24) is 10.2 Å². The van der Waals surface area contributed by atoms with Gasteiger partial charge in [0.15, 0.2) is 0 Å². The molecule has 0 heterocycles. The number of carbonyl (C=O) groups is 2. The molecule has 0 aromatic heterocycles. The molecule has 1 atom stereocenters. The number of rotatable bonds is 9. The summed E-state index contributed by atoms with van der Waals surface area (Å²) in [7, 11) is -2.39. The second-order valence-electron chi connectivity index (χ2n) is 9.15. The molecule has 8 nitrogen and oxygen atoms in total. The molecule has 0 radical (unpaired) electrons. The minimum atomic E-state index is -3.92. The smallest absolute Gasteiger partial charge is 0.244 e. The van der Waals surface area contributed by atoms with Crippen molar-refractivity contribution in [2.75, 3.05) is 24.2 Å². The molecule has 0 saturated heterocycles. The molecular weight excluding hydrogens is 513 g/mol. The lowest BCUT2D eigenvalue weighted by molar-refractivity contribution is -0.140. The maximum absolute atomic E-state index is 13.6. The van der Waals surface area contributed by atoms with E-state index in [2.05, 4.69) is 5.32 Å². The zero-order chi connectivity index (χ0) is 26.6. The molecular formula is C24H31Cl2N3O5S. The van der Waals surface area contributed by atoms with Gasteiger partial charge in [-0.05, 0) is 63.6 Å². The van der Waals surface area contributed by atoms with E-state index in [4.69, 9.17) is 27.9 Å². The molecule has 2 rings (SSSR count). The first kappa shape index (κ1) is 28.7. The lowest BCUT2D eigenvalue weighted by Crippen LogP contribution is -2.54. The fourth-order valence-corrected chi connectivity index (χ4v) is 4.59. The summed E-state index contributed by atoms with van der Waals surface area (Å²) in [6.07, 6.45) is 0.972. The second-order valence-corrected chi connectivity index (χ2v) is 11.9. The average Bonchev–Trinajstić information content (AvgIpc) is 2.75. The summed E-state index contributed by atoms with van der Waals surface area (Å²) in [5.74, 6) is -0.378. The highest BCUT2D eigenvalue weighted by molar-refractivity contribution is 7.92. The van der Waals surface area contributed by atoms with Gasteiger partial charge in [-0.15, -0.1) is 0 Å². The maximum Gasteiger partial charge on any atom is 0.244 e. The first-order valence-electron chi connectivity index (χ1n) is 10.8. The third-order valence-electron chi connectivity index (χ3n) is 5.01. The van der Waals surface area contributed by atoms with Crippen LogP contribution in [0.25, 0.3) is 0 Å². The number of ether oxygens (including phenoxy) is 1. The van der Waals surface area contributed by atoms with Gasteiger partial charge in [-0.1, -0.05) is 35.3 Å². The van der Waals surface area contributed by atoms with Crippen LogP contribution in [-0.2, 0) is 26.2 Å². The van der Waals surface area contributed by atoms with Crippen molar-refractivity contribution >= 4 is 50.7 Å². The van der Waals surface area contributed by atoms with Crippen LogP contribution in [-0.4, -0.2) is 56.6 Å². The fraction of sp³-hybridized carbons (Fsp3) is 0.417. The molecule has 1 unspecified atom stereocenters. The number of hydrogen-bond acceptors (Lipinski definition) is 5. The van der Waals surface area contributed by atoms with E-state index >= 15 is 0 Å². The van der Waals surface area contributed by atoms with E-state index in [1.165, 1.54) is 30.2 Å². The van der Waals surface area contributed by atoms with Gasteiger partial charge in [-0.3, -0.25) is 13.9 Å². The average molecular weight is 545 g/mol. The highest BCUT2D eigenvalue weighted by Crippen LogP contribution is 2.31. The standard InChI is InChI=1S/C24H31Cl2N3O5S/c1-16(23(31)27-24(2,3)4)28(14-17-8-7-9-19(12-17)34-5)22(30)15-29(35(6,32)33)21-13-18(25)10-11-20(21)26/h7-13,16H,14-15H2,1-6H3,(H,27,31). The molecule has 0 bridgehead atoms. The Kier molecular flexibility index (Phi) is 9.44. The van der Waals surface area contributed by atoms with Crippen molar-refractivity contribution in [2.45, 2.75) is 45.8 Å². The first-order chi connectivity index (χ1) is 16.1. The Morgan fingerprint density at radius 1 is 1.11 bits per heavy atom. The summed E-state index contributed by atoms with van der Waals surface area (Å²) in [6.45, 7) is 6.57. The molecule has 35 heavy (non-hydrogen) atoms. The number of amides is 2. The van der Waals surface area contributed by atoms with Crippen LogP contribution in [0, 0.1) is 0 Å². The zero-order valence-corrected chi connectivity index (χ0v) is 23.0. The van der Waals surface area contributed by atoms with Gasteiger partial charge in [0.1, 0.15) is 18.3 Å².